The molecule has 2 heteroatoms. The quantitative estimate of drug-likeness (QED) is 0.329. The third-order valence-corrected chi connectivity index (χ3v) is 6.61. The Morgan fingerprint density at radius 1 is 0.926 bits per heavy atom. The second kappa shape index (κ2) is 8.99. The molecule has 3 aliphatic carbocycles. The van der Waals surface area contributed by atoms with E-state index < -0.39 is 0 Å². The van der Waals surface area contributed by atoms with Gasteiger partial charge in [-0.05, 0) is 50.5 Å². The van der Waals surface area contributed by atoms with Crippen LogP contribution in [0.2, 0.25) is 0 Å². The van der Waals surface area contributed by atoms with Gasteiger partial charge in [0.25, 0.3) is 0 Å². The van der Waals surface area contributed by atoms with E-state index in [9.17, 15) is 0 Å². The average Bonchev–Trinajstić information content (AvgIpc) is 2.72. The van der Waals surface area contributed by atoms with Crippen molar-refractivity contribution in [1.29, 1.82) is 0 Å². The molecule has 0 unspecified atom stereocenters. The highest BCUT2D eigenvalue weighted by molar-refractivity contribution is 5.94. The molecule has 0 amide bonds. The maximum atomic E-state index is 5.08. The van der Waals surface area contributed by atoms with Crippen LogP contribution in [0.5, 0.6) is 0 Å². The monoisotopic (exact) mass is 362 g/mol. The summed E-state index contributed by atoms with van der Waals surface area (Å²) in [7, 11) is 0. The molecule has 5 rings (SSSR count). The number of hydrogen-bond acceptors (Lipinski definition) is 2. The summed E-state index contributed by atoms with van der Waals surface area (Å²) in [5.74, 6) is 1.36. The number of benzene rings is 1. The molecule has 0 aliphatic heterocycles. The zero-order chi connectivity index (χ0) is 18.5. The molecular weight excluding hydrogens is 328 g/mol. The maximum absolute atomic E-state index is 5.08. The highest BCUT2D eigenvalue weighted by Crippen LogP contribution is 2.53. The molecule has 1 fully saturated rings. The minimum atomic E-state index is 0.673. The van der Waals surface area contributed by atoms with Crippen LogP contribution in [0.4, 0.5) is 5.69 Å². The van der Waals surface area contributed by atoms with E-state index in [2.05, 4.69) is 37.4 Å². The van der Waals surface area contributed by atoms with E-state index >= 15 is 0 Å². The van der Waals surface area contributed by atoms with E-state index in [1.165, 1.54) is 93.0 Å². The van der Waals surface area contributed by atoms with Crippen molar-refractivity contribution in [3.05, 3.63) is 35.5 Å². The molecule has 0 spiro atoms. The van der Waals surface area contributed by atoms with Crippen molar-refractivity contribution in [3.8, 4) is 0 Å². The van der Waals surface area contributed by atoms with Gasteiger partial charge >= 0.3 is 0 Å². The van der Waals surface area contributed by atoms with Crippen LogP contribution in [0, 0.1) is 0 Å². The van der Waals surface area contributed by atoms with Gasteiger partial charge in [0, 0.05) is 28.8 Å². The number of nitrogens with zero attached hydrogens (tertiary/aromatic N) is 2. The van der Waals surface area contributed by atoms with Crippen LogP contribution in [0.3, 0.4) is 0 Å². The number of aliphatic imine (C=N–C) groups is 1. The Kier molecular flexibility index (Phi) is 6.21. The van der Waals surface area contributed by atoms with Crippen molar-refractivity contribution in [2.45, 2.75) is 95.8 Å². The van der Waals surface area contributed by atoms with E-state index in [4.69, 9.17) is 9.98 Å². The molecule has 0 radical (unpaired) electrons. The van der Waals surface area contributed by atoms with Crippen molar-refractivity contribution in [1.82, 2.24) is 4.98 Å². The fraction of sp³-hybridized carbons (Fsp3) is 0.600. The van der Waals surface area contributed by atoms with E-state index in [1.54, 1.807) is 0 Å². The lowest BCUT2D eigenvalue weighted by Crippen LogP contribution is -2.23. The van der Waals surface area contributed by atoms with Crippen LogP contribution in [-0.2, 0) is 0 Å². The predicted molar refractivity (Wildman–Crippen MR) is 116 cm³/mol. The fourth-order valence-corrected chi connectivity index (χ4v) is 5.08. The molecule has 1 aromatic heterocycles. The van der Waals surface area contributed by atoms with Gasteiger partial charge in [-0.2, -0.15) is 0 Å². The highest BCUT2D eigenvalue weighted by Gasteiger charge is 2.36. The van der Waals surface area contributed by atoms with Crippen molar-refractivity contribution in [2.75, 3.05) is 0 Å². The molecule has 2 bridgehead atoms. The molecule has 0 atom stereocenters. The Hall–Kier alpha value is -1.70. The zero-order valence-electron chi connectivity index (χ0n) is 16.9. The zero-order valence-corrected chi connectivity index (χ0v) is 16.9. The number of para-hydroxylation sites is 1. The topological polar surface area (TPSA) is 25.2 Å². The minimum absolute atomic E-state index is 0.673. The SMILES string of the molecule is CCCCCCCCCC=Nc1c2c(nc3ccccc13)C1CCC2CC1. The fourth-order valence-electron chi connectivity index (χ4n) is 5.08. The molecule has 2 nitrogen and oxygen atoms in total. The third-order valence-electron chi connectivity index (χ3n) is 6.61. The summed E-state index contributed by atoms with van der Waals surface area (Å²) in [6, 6.07) is 8.61. The maximum Gasteiger partial charge on any atom is 0.0772 e. The van der Waals surface area contributed by atoms with Crippen molar-refractivity contribution in [2.24, 2.45) is 4.99 Å². The van der Waals surface area contributed by atoms with Gasteiger partial charge in [0.15, 0.2) is 0 Å². The number of aromatic nitrogens is 1. The third kappa shape index (κ3) is 4.10. The van der Waals surface area contributed by atoms with Crippen molar-refractivity contribution >= 4 is 22.8 Å². The van der Waals surface area contributed by atoms with E-state index in [1.807, 2.05) is 0 Å². The number of fused-ring (bicyclic) bond motifs is 3. The lowest BCUT2D eigenvalue weighted by Gasteiger charge is -2.38. The van der Waals surface area contributed by atoms with Gasteiger partial charge < -0.3 is 0 Å². The average molecular weight is 363 g/mol. The molecule has 144 valence electrons. The van der Waals surface area contributed by atoms with E-state index in [0.29, 0.717) is 11.8 Å². The van der Waals surface area contributed by atoms with Crippen LogP contribution >= 0.6 is 0 Å². The Morgan fingerprint density at radius 2 is 1.63 bits per heavy atom. The minimum Gasteiger partial charge on any atom is -0.260 e. The molecular formula is C25H34N2. The number of pyridine rings is 1. The highest BCUT2D eigenvalue weighted by atomic mass is 14.8. The molecule has 1 aromatic carbocycles. The molecule has 3 aliphatic rings. The molecule has 0 N–H and O–H groups in total. The largest absolute Gasteiger partial charge is 0.260 e. The lowest BCUT2D eigenvalue weighted by atomic mass is 9.68. The summed E-state index contributed by atoms with van der Waals surface area (Å²) < 4.78 is 0. The number of unbranched alkanes of at least 4 members (excludes halogenated alkanes) is 7. The van der Waals surface area contributed by atoms with Gasteiger partial charge in [0.05, 0.1) is 11.2 Å². The van der Waals surface area contributed by atoms with Crippen molar-refractivity contribution < 1.29 is 0 Å². The molecule has 2 aromatic rings. The normalized spacial score (nSPS) is 21.2. The summed E-state index contributed by atoms with van der Waals surface area (Å²) in [6.45, 7) is 2.28. The predicted octanol–water partition coefficient (Wildman–Crippen LogP) is 7.83. The first kappa shape index (κ1) is 18.7. The summed E-state index contributed by atoms with van der Waals surface area (Å²) >= 11 is 0. The standard InChI is InChI=1S/C25H34N2/c1-2-3-4-5-6-7-8-11-18-26-25-21-12-9-10-13-22(21)27-24-20-16-14-19(15-17-20)23(24)25/h9-10,12-13,18-20H,2-8,11,14-17H2,1H3. The van der Waals surface area contributed by atoms with Crippen LogP contribution < -0.4 is 0 Å². The smallest absolute Gasteiger partial charge is 0.0772 e. The number of rotatable bonds is 9. The van der Waals surface area contributed by atoms with E-state index in [-0.39, 0.29) is 0 Å². The first-order valence-corrected chi connectivity index (χ1v) is 11.3. The summed E-state index contributed by atoms with van der Waals surface area (Å²) in [4.78, 5) is 10.1. The van der Waals surface area contributed by atoms with E-state index in [0.717, 1.165) is 11.9 Å². The van der Waals surface area contributed by atoms with Crippen LogP contribution in [0.1, 0.15) is 107 Å². The van der Waals surface area contributed by atoms with Crippen LogP contribution in [0.25, 0.3) is 10.9 Å². The second-order valence-corrected chi connectivity index (χ2v) is 8.55. The Labute approximate surface area is 164 Å². The first-order valence-electron chi connectivity index (χ1n) is 11.3. The molecule has 1 heterocycles. The van der Waals surface area contributed by atoms with Gasteiger partial charge in [-0.15, -0.1) is 0 Å². The molecule has 1 saturated carbocycles. The summed E-state index contributed by atoms with van der Waals surface area (Å²) in [5.41, 5.74) is 5.24. The van der Waals surface area contributed by atoms with Gasteiger partial charge in [-0.25, -0.2) is 0 Å². The number of hydrogen-bond donors (Lipinski definition) is 0. The molecule has 27 heavy (non-hydrogen) atoms. The van der Waals surface area contributed by atoms with Gasteiger partial charge in [-0.1, -0.05) is 63.6 Å². The molecule has 0 saturated heterocycles. The Bertz CT molecular complexity index is 784. The van der Waals surface area contributed by atoms with Crippen molar-refractivity contribution in [3.63, 3.8) is 0 Å². The van der Waals surface area contributed by atoms with Gasteiger partial charge in [-0.3, -0.25) is 9.98 Å². The summed E-state index contributed by atoms with van der Waals surface area (Å²) in [5, 5.41) is 1.25. The van der Waals surface area contributed by atoms with Gasteiger partial charge in [0.2, 0.25) is 0 Å². The second-order valence-electron chi connectivity index (χ2n) is 8.55. The lowest BCUT2D eigenvalue weighted by molar-refractivity contribution is 0.352. The Balaban J connectivity index is 1.47. The first-order chi connectivity index (χ1) is 13.4. The van der Waals surface area contributed by atoms with Gasteiger partial charge in [0.1, 0.15) is 0 Å². The Morgan fingerprint density at radius 3 is 2.44 bits per heavy atom. The summed E-state index contributed by atoms with van der Waals surface area (Å²) in [6.07, 6.45) is 18.1. The van der Waals surface area contributed by atoms with Crippen LogP contribution in [0.15, 0.2) is 29.3 Å². The van der Waals surface area contributed by atoms with Crippen LogP contribution in [-0.4, -0.2) is 11.2 Å².